The maximum absolute atomic E-state index is 9.18. The Morgan fingerprint density at radius 2 is 1.92 bits per heavy atom. The van der Waals surface area contributed by atoms with Gasteiger partial charge in [-0.25, -0.2) is 0 Å². The number of fused-ring (bicyclic) bond motifs is 2. The molecule has 0 amide bonds. The van der Waals surface area contributed by atoms with Crippen LogP contribution in [0.5, 0.6) is 0 Å². The van der Waals surface area contributed by atoms with E-state index in [4.69, 9.17) is 4.74 Å². The number of thiol groups is 1. The summed E-state index contributed by atoms with van der Waals surface area (Å²) >= 11 is 4.23. The van der Waals surface area contributed by atoms with Crippen molar-refractivity contribution < 1.29 is 9.84 Å². The van der Waals surface area contributed by atoms with Crippen LogP contribution >= 0.6 is 12.6 Å². The highest BCUT2D eigenvalue weighted by Gasteiger charge is 2.47. The minimum atomic E-state index is 0.291. The maximum Gasteiger partial charge on any atom is 0.0633 e. The van der Waals surface area contributed by atoms with Gasteiger partial charge in [-0.05, 0) is 30.9 Å². The van der Waals surface area contributed by atoms with Gasteiger partial charge in [-0.3, -0.25) is 0 Å². The molecule has 0 aromatic rings. The van der Waals surface area contributed by atoms with E-state index in [-0.39, 0.29) is 0 Å². The van der Waals surface area contributed by atoms with E-state index in [0.29, 0.717) is 30.7 Å². The standard InChI is InChI=1S/C9H16O2S/c10-5-7-6(3-4-12)8-1-2-9(7)11-8/h6-10,12H,1-5H2. The second-order valence-electron chi connectivity index (χ2n) is 3.81. The van der Waals surface area contributed by atoms with Crippen LogP contribution in [-0.2, 0) is 4.74 Å². The van der Waals surface area contributed by atoms with E-state index in [1.807, 2.05) is 0 Å². The molecule has 12 heavy (non-hydrogen) atoms. The number of aliphatic hydroxyl groups is 1. The van der Waals surface area contributed by atoms with Crippen molar-refractivity contribution in [3.63, 3.8) is 0 Å². The Balaban J connectivity index is 2.01. The number of aliphatic hydroxyl groups excluding tert-OH is 1. The van der Waals surface area contributed by atoms with Gasteiger partial charge in [0.2, 0.25) is 0 Å². The quantitative estimate of drug-likeness (QED) is 0.649. The molecule has 2 fully saturated rings. The van der Waals surface area contributed by atoms with Crippen LogP contribution in [0, 0.1) is 11.8 Å². The number of hydrogen-bond donors (Lipinski definition) is 2. The minimum Gasteiger partial charge on any atom is -0.396 e. The Morgan fingerprint density at radius 3 is 2.50 bits per heavy atom. The van der Waals surface area contributed by atoms with Crippen LogP contribution in [0.3, 0.4) is 0 Å². The minimum absolute atomic E-state index is 0.291. The molecule has 2 bridgehead atoms. The molecule has 2 aliphatic rings. The molecule has 2 nitrogen and oxygen atoms in total. The molecule has 2 heterocycles. The Morgan fingerprint density at radius 1 is 1.25 bits per heavy atom. The van der Waals surface area contributed by atoms with Crippen molar-refractivity contribution >= 4 is 12.6 Å². The molecule has 0 aliphatic carbocycles. The SMILES string of the molecule is OCC1C2CCC(O2)C1CCS. The van der Waals surface area contributed by atoms with Crippen LogP contribution in [-0.4, -0.2) is 29.7 Å². The first-order valence-corrected chi connectivity index (χ1v) is 5.37. The van der Waals surface area contributed by atoms with Crippen molar-refractivity contribution in [3.05, 3.63) is 0 Å². The van der Waals surface area contributed by atoms with E-state index in [1.165, 1.54) is 6.42 Å². The average Bonchev–Trinajstić information content (AvgIpc) is 2.64. The topological polar surface area (TPSA) is 29.5 Å². The second kappa shape index (κ2) is 3.56. The van der Waals surface area contributed by atoms with Gasteiger partial charge in [-0.15, -0.1) is 0 Å². The predicted octanol–water partition coefficient (Wildman–Crippen LogP) is 1.09. The second-order valence-corrected chi connectivity index (χ2v) is 4.26. The summed E-state index contributed by atoms with van der Waals surface area (Å²) in [6.07, 6.45) is 4.22. The fraction of sp³-hybridized carbons (Fsp3) is 1.00. The molecular formula is C9H16O2S. The van der Waals surface area contributed by atoms with Gasteiger partial charge >= 0.3 is 0 Å². The lowest BCUT2D eigenvalue weighted by Crippen LogP contribution is -2.30. The van der Waals surface area contributed by atoms with Crippen LogP contribution < -0.4 is 0 Å². The summed E-state index contributed by atoms with van der Waals surface area (Å²) in [6, 6.07) is 0. The zero-order valence-electron chi connectivity index (χ0n) is 7.15. The van der Waals surface area contributed by atoms with E-state index >= 15 is 0 Å². The molecule has 3 heteroatoms. The highest BCUT2D eigenvalue weighted by Crippen LogP contribution is 2.44. The van der Waals surface area contributed by atoms with E-state index in [1.54, 1.807) is 0 Å². The zero-order valence-corrected chi connectivity index (χ0v) is 8.04. The molecule has 4 unspecified atom stereocenters. The molecule has 0 aromatic heterocycles. The number of ether oxygens (including phenoxy) is 1. The van der Waals surface area contributed by atoms with Gasteiger partial charge in [0.05, 0.1) is 12.2 Å². The number of hydrogen-bond acceptors (Lipinski definition) is 3. The summed E-state index contributed by atoms with van der Waals surface area (Å²) < 4.78 is 5.75. The first-order chi connectivity index (χ1) is 5.86. The summed E-state index contributed by atoms with van der Waals surface area (Å²) in [4.78, 5) is 0. The molecular weight excluding hydrogens is 172 g/mol. The van der Waals surface area contributed by atoms with Crippen LogP contribution in [0.2, 0.25) is 0 Å². The maximum atomic E-state index is 9.18. The first-order valence-electron chi connectivity index (χ1n) is 4.74. The summed E-state index contributed by atoms with van der Waals surface area (Å²) in [7, 11) is 0. The first kappa shape index (κ1) is 8.85. The Bertz CT molecular complexity index is 163. The smallest absolute Gasteiger partial charge is 0.0633 e. The monoisotopic (exact) mass is 188 g/mol. The molecule has 4 atom stereocenters. The highest BCUT2D eigenvalue weighted by atomic mass is 32.1. The van der Waals surface area contributed by atoms with Crippen molar-refractivity contribution in [2.24, 2.45) is 11.8 Å². The molecule has 0 radical (unpaired) electrons. The Hall–Kier alpha value is 0.270. The van der Waals surface area contributed by atoms with Crippen molar-refractivity contribution in [1.29, 1.82) is 0 Å². The van der Waals surface area contributed by atoms with Crippen molar-refractivity contribution in [2.75, 3.05) is 12.4 Å². The van der Waals surface area contributed by atoms with Gasteiger partial charge in [-0.2, -0.15) is 12.6 Å². The normalized spacial score (nSPS) is 45.5. The lowest BCUT2D eigenvalue weighted by atomic mass is 9.78. The molecule has 2 rings (SSSR count). The van der Waals surface area contributed by atoms with E-state index in [9.17, 15) is 5.11 Å². The summed E-state index contributed by atoms with van der Waals surface area (Å²) in [6.45, 7) is 0.291. The van der Waals surface area contributed by atoms with Gasteiger partial charge in [0, 0.05) is 12.5 Å². The van der Waals surface area contributed by atoms with Crippen molar-refractivity contribution in [1.82, 2.24) is 0 Å². The van der Waals surface area contributed by atoms with Gasteiger partial charge in [0.25, 0.3) is 0 Å². The van der Waals surface area contributed by atoms with Crippen LogP contribution in [0.1, 0.15) is 19.3 Å². The molecule has 0 spiro atoms. The third-order valence-corrected chi connectivity index (χ3v) is 3.52. The molecule has 0 aromatic carbocycles. The predicted molar refractivity (Wildman–Crippen MR) is 50.4 cm³/mol. The zero-order chi connectivity index (χ0) is 8.55. The van der Waals surface area contributed by atoms with Gasteiger partial charge in [0.1, 0.15) is 0 Å². The third kappa shape index (κ3) is 1.28. The summed E-state index contributed by atoms with van der Waals surface area (Å²) in [5.41, 5.74) is 0. The third-order valence-electron chi connectivity index (χ3n) is 3.26. The van der Waals surface area contributed by atoms with Gasteiger partial charge in [-0.1, -0.05) is 0 Å². The Kier molecular flexibility index (Phi) is 2.63. The number of rotatable bonds is 3. The van der Waals surface area contributed by atoms with Crippen LogP contribution in [0.4, 0.5) is 0 Å². The van der Waals surface area contributed by atoms with Crippen molar-refractivity contribution in [2.45, 2.75) is 31.5 Å². The van der Waals surface area contributed by atoms with E-state index in [2.05, 4.69) is 12.6 Å². The van der Waals surface area contributed by atoms with E-state index < -0.39 is 0 Å². The summed E-state index contributed by atoms with van der Waals surface area (Å²) in [5.74, 6) is 1.88. The van der Waals surface area contributed by atoms with Crippen LogP contribution in [0.15, 0.2) is 0 Å². The lowest BCUT2D eigenvalue weighted by molar-refractivity contribution is 0.0786. The molecule has 2 saturated heterocycles. The average molecular weight is 188 g/mol. The Labute approximate surface area is 78.7 Å². The summed E-state index contributed by atoms with van der Waals surface area (Å²) in [5, 5.41) is 9.18. The van der Waals surface area contributed by atoms with Crippen molar-refractivity contribution in [3.8, 4) is 0 Å². The van der Waals surface area contributed by atoms with Crippen LogP contribution in [0.25, 0.3) is 0 Å². The fourth-order valence-corrected chi connectivity index (χ4v) is 2.97. The molecule has 1 N–H and O–H groups in total. The lowest BCUT2D eigenvalue weighted by Gasteiger charge is -2.25. The highest BCUT2D eigenvalue weighted by molar-refractivity contribution is 7.80. The fourth-order valence-electron chi connectivity index (χ4n) is 2.67. The largest absolute Gasteiger partial charge is 0.396 e. The molecule has 0 saturated carbocycles. The molecule has 70 valence electrons. The van der Waals surface area contributed by atoms with Gasteiger partial charge < -0.3 is 9.84 Å². The van der Waals surface area contributed by atoms with Gasteiger partial charge in [0.15, 0.2) is 0 Å². The molecule has 2 aliphatic heterocycles. The van der Waals surface area contributed by atoms with E-state index in [0.717, 1.165) is 18.6 Å².